The van der Waals surface area contributed by atoms with E-state index in [1.165, 1.54) is 11.3 Å². The van der Waals surface area contributed by atoms with Crippen LogP contribution < -0.4 is 11.1 Å². The molecule has 0 atom stereocenters. The van der Waals surface area contributed by atoms with E-state index < -0.39 is 0 Å². The normalized spacial score (nSPS) is 10.3. The van der Waals surface area contributed by atoms with Crippen LogP contribution in [0.25, 0.3) is 0 Å². The van der Waals surface area contributed by atoms with Crippen LogP contribution in [0.15, 0.2) is 17.6 Å². The molecule has 2 heterocycles. The molecule has 2 aromatic rings. The van der Waals surface area contributed by atoms with E-state index in [0.717, 1.165) is 10.7 Å². The Morgan fingerprint density at radius 1 is 1.50 bits per heavy atom. The molecule has 18 heavy (non-hydrogen) atoms. The average molecular weight is 263 g/mol. The highest BCUT2D eigenvalue weighted by Gasteiger charge is 2.09. The zero-order valence-electron chi connectivity index (χ0n) is 9.88. The Bertz CT molecular complexity index is 554. The number of hydrogen-bond donors (Lipinski definition) is 2. The summed E-state index contributed by atoms with van der Waals surface area (Å²) in [6.07, 6.45) is 1.67. The Kier molecular flexibility index (Phi) is 3.96. The van der Waals surface area contributed by atoms with Gasteiger partial charge in [-0.15, -0.1) is 11.3 Å². The molecule has 0 bridgehead atoms. The standard InChI is InChI=1S/C11H13N5OS/c1-7-13-3-2-8(15-7)5-14-11(17)9-6-18-10(4-12)16-9/h2-3,6H,4-5,12H2,1H3,(H,14,17). The summed E-state index contributed by atoms with van der Waals surface area (Å²) in [6.45, 7) is 2.51. The Balaban J connectivity index is 1.96. The third kappa shape index (κ3) is 3.08. The summed E-state index contributed by atoms with van der Waals surface area (Å²) in [6, 6.07) is 1.76. The third-order valence-electron chi connectivity index (χ3n) is 2.22. The molecule has 2 rings (SSSR count). The Morgan fingerprint density at radius 2 is 2.33 bits per heavy atom. The lowest BCUT2D eigenvalue weighted by Gasteiger charge is -2.03. The molecule has 0 aromatic carbocycles. The van der Waals surface area contributed by atoms with E-state index in [-0.39, 0.29) is 5.91 Å². The summed E-state index contributed by atoms with van der Waals surface area (Å²) in [5.41, 5.74) is 6.61. The third-order valence-corrected chi connectivity index (χ3v) is 3.09. The van der Waals surface area contributed by atoms with Crippen molar-refractivity contribution < 1.29 is 4.79 Å². The first-order valence-corrected chi connectivity index (χ1v) is 6.28. The predicted molar refractivity (Wildman–Crippen MR) is 67.9 cm³/mol. The van der Waals surface area contributed by atoms with Crippen molar-refractivity contribution in [2.75, 3.05) is 0 Å². The van der Waals surface area contributed by atoms with Crippen LogP contribution in [0.3, 0.4) is 0 Å². The van der Waals surface area contributed by atoms with Crippen molar-refractivity contribution in [3.8, 4) is 0 Å². The van der Waals surface area contributed by atoms with Crippen molar-refractivity contribution in [3.63, 3.8) is 0 Å². The zero-order chi connectivity index (χ0) is 13.0. The first-order valence-electron chi connectivity index (χ1n) is 5.40. The van der Waals surface area contributed by atoms with Crippen LogP contribution in [0, 0.1) is 6.92 Å². The number of aromatic nitrogens is 3. The van der Waals surface area contributed by atoms with Crippen molar-refractivity contribution in [2.24, 2.45) is 5.73 Å². The summed E-state index contributed by atoms with van der Waals surface area (Å²) in [4.78, 5) is 24.1. The number of thiazole rings is 1. The van der Waals surface area contributed by atoms with Crippen molar-refractivity contribution in [1.29, 1.82) is 0 Å². The van der Waals surface area contributed by atoms with E-state index in [1.54, 1.807) is 24.6 Å². The van der Waals surface area contributed by atoms with Crippen LogP contribution >= 0.6 is 11.3 Å². The second-order valence-electron chi connectivity index (χ2n) is 3.61. The number of aryl methyl sites for hydroxylation is 1. The van der Waals surface area contributed by atoms with Crippen molar-refractivity contribution >= 4 is 17.2 Å². The lowest BCUT2D eigenvalue weighted by atomic mass is 10.3. The van der Waals surface area contributed by atoms with Crippen LogP contribution in [0.5, 0.6) is 0 Å². The van der Waals surface area contributed by atoms with E-state index in [9.17, 15) is 4.79 Å². The minimum absolute atomic E-state index is 0.220. The first-order chi connectivity index (χ1) is 8.69. The molecule has 0 saturated carbocycles. The monoisotopic (exact) mass is 263 g/mol. The van der Waals surface area contributed by atoms with Crippen molar-refractivity contribution in [3.05, 3.63) is 39.9 Å². The molecule has 0 aliphatic heterocycles. The molecule has 6 nitrogen and oxygen atoms in total. The van der Waals surface area contributed by atoms with Gasteiger partial charge in [0.15, 0.2) is 0 Å². The van der Waals surface area contributed by atoms with Gasteiger partial charge in [0, 0.05) is 18.1 Å². The first kappa shape index (κ1) is 12.6. The number of carbonyl (C=O) groups is 1. The molecule has 94 valence electrons. The number of amides is 1. The highest BCUT2D eigenvalue weighted by Crippen LogP contribution is 2.08. The van der Waals surface area contributed by atoms with Gasteiger partial charge in [-0.2, -0.15) is 0 Å². The summed E-state index contributed by atoms with van der Waals surface area (Å²) in [5, 5.41) is 5.20. The minimum Gasteiger partial charge on any atom is -0.345 e. The SMILES string of the molecule is Cc1nccc(CNC(=O)c2csc(CN)n2)n1. The summed E-state index contributed by atoms with van der Waals surface area (Å²) < 4.78 is 0. The fourth-order valence-corrected chi connectivity index (χ4v) is 2.03. The topological polar surface area (TPSA) is 93.8 Å². The molecule has 0 radical (unpaired) electrons. The van der Waals surface area contributed by atoms with E-state index in [0.29, 0.717) is 24.6 Å². The summed E-state index contributed by atoms with van der Waals surface area (Å²) in [5.74, 6) is 0.461. The summed E-state index contributed by atoms with van der Waals surface area (Å²) in [7, 11) is 0. The Hall–Kier alpha value is -1.86. The molecule has 0 unspecified atom stereocenters. The number of nitrogens with two attached hydrogens (primary N) is 1. The smallest absolute Gasteiger partial charge is 0.271 e. The van der Waals surface area contributed by atoms with Crippen LogP contribution in [0.2, 0.25) is 0 Å². The fraction of sp³-hybridized carbons (Fsp3) is 0.273. The molecule has 0 spiro atoms. The van der Waals surface area contributed by atoms with Crippen LogP contribution in [0.4, 0.5) is 0 Å². The van der Waals surface area contributed by atoms with Gasteiger partial charge in [0.25, 0.3) is 5.91 Å². The molecule has 7 heteroatoms. The number of hydrogen-bond acceptors (Lipinski definition) is 6. The maximum absolute atomic E-state index is 11.8. The maximum atomic E-state index is 11.8. The van der Waals surface area contributed by atoms with Gasteiger partial charge in [0.05, 0.1) is 12.2 Å². The quantitative estimate of drug-likeness (QED) is 0.843. The average Bonchev–Trinajstić information content (AvgIpc) is 2.85. The number of carbonyl (C=O) groups excluding carboxylic acids is 1. The molecule has 0 fully saturated rings. The van der Waals surface area contributed by atoms with Crippen LogP contribution in [-0.4, -0.2) is 20.9 Å². The second kappa shape index (κ2) is 5.65. The molecule has 0 aliphatic carbocycles. The molecular weight excluding hydrogens is 250 g/mol. The largest absolute Gasteiger partial charge is 0.345 e. The van der Waals surface area contributed by atoms with Gasteiger partial charge in [-0.1, -0.05) is 0 Å². The van der Waals surface area contributed by atoms with E-state index >= 15 is 0 Å². The predicted octanol–water partition coefficient (Wildman–Crippen LogP) is 0.630. The molecule has 0 saturated heterocycles. The highest BCUT2D eigenvalue weighted by molar-refractivity contribution is 7.09. The van der Waals surface area contributed by atoms with Gasteiger partial charge >= 0.3 is 0 Å². The molecule has 3 N–H and O–H groups in total. The molecule has 2 aromatic heterocycles. The number of nitrogens with zero attached hydrogens (tertiary/aromatic N) is 3. The van der Waals surface area contributed by atoms with Crippen LogP contribution in [-0.2, 0) is 13.1 Å². The Morgan fingerprint density at radius 3 is 3.00 bits per heavy atom. The zero-order valence-corrected chi connectivity index (χ0v) is 10.7. The fourth-order valence-electron chi connectivity index (χ4n) is 1.37. The van der Waals surface area contributed by atoms with Gasteiger partial charge in [0.2, 0.25) is 0 Å². The van der Waals surface area contributed by atoms with E-state index in [4.69, 9.17) is 5.73 Å². The minimum atomic E-state index is -0.220. The van der Waals surface area contributed by atoms with Crippen molar-refractivity contribution in [1.82, 2.24) is 20.3 Å². The van der Waals surface area contributed by atoms with Gasteiger partial charge in [0.1, 0.15) is 16.5 Å². The van der Waals surface area contributed by atoms with Gasteiger partial charge in [-0.25, -0.2) is 15.0 Å². The maximum Gasteiger partial charge on any atom is 0.271 e. The van der Waals surface area contributed by atoms with Gasteiger partial charge in [-0.3, -0.25) is 4.79 Å². The highest BCUT2D eigenvalue weighted by atomic mass is 32.1. The van der Waals surface area contributed by atoms with Crippen molar-refractivity contribution in [2.45, 2.75) is 20.0 Å². The lowest BCUT2D eigenvalue weighted by molar-refractivity contribution is 0.0946. The number of rotatable bonds is 4. The molecule has 1 amide bonds. The van der Waals surface area contributed by atoms with E-state index in [1.807, 2.05) is 0 Å². The lowest BCUT2D eigenvalue weighted by Crippen LogP contribution is -2.23. The molecule has 0 aliphatic rings. The van der Waals surface area contributed by atoms with Gasteiger partial charge < -0.3 is 11.1 Å². The molecular formula is C11H13N5OS. The van der Waals surface area contributed by atoms with Gasteiger partial charge in [-0.05, 0) is 13.0 Å². The second-order valence-corrected chi connectivity index (χ2v) is 4.55. The number of nitrogens with one attached hydrogen (secondary N) is 1. The van der Waals surface area contributed by atoms with Crippen LogP contribution in [0.1, 0.15) is 27.0 Å². The Labute approximate surface area is 108 Å². The van der Waals surface area contributed by atoms with E-state index in [2.05, 4.69) is 20.3 Å². The summed E-state index contributed by atoms with van der Waals surface area (Å²) >= 11 is 1.38.